The zero-order valence-corrected chi connectivity index (χ0v) is 13.6. The van der Waals surface area contributed by atoms with E-state index in [1.807, 2.05) is 11.3 Å². The number of aryl methyl sites for hydroxylation is 3. The molecule has 22 heavy (non-hydrogen) atoms. The summed E-state index contributed by atoms with van der Waals surface area (Å²) in [6, 6.07) is 22.0. The minimum Gasteiger partial charge on any atom is -0.340 e. The minimum atomic E-state index is 1.07. The number of para-hydroxylation sites is 2. The van der Waals surface area contributed by atoms with E-state index in [-0.39, 0.29) is 0 Å². The number of thiophene rings is 1. The third kappa shape index (κ3) is 2.34. The maximum atomic E-state index is 2.48. The Balaban J connectivity index is 1.67. The standard InChI is InChI=1S/C20H19NS/c1-15-12-13-16(22-15)7-6-14-21-19-10-4-2-8-17(19)18-9-3-5-11-20(18)21/h2-5,8-13H,6-7,14H2,1H3. The second-order valence-electron chi connectivity index (χ2n) is 5.80. The topological polar surface area (TPSA) is 4.93 Å². The Morgan fingerprint density at radius 3 is 2.05 bits per heavy atom. The van der Waals surface area contributed by atoms with E-state index in [2.05, 4.69) is 72.2 Å². The van der Waals surface area contributed by atoms with Crippen LogP contribution in [0.1, 0.15) is 16.2 Å². The van der Waals surface area contributed by atoms with E-state index in [0.29, 0.717) is 0 Å². The number of hydrogen-bond acceptors (Lipinski definition) is 1. The summed E-state index contributed by atoms with van der Waals surface area (Å²) in [6.07, 6.45) is 2.35. The lowest BCUT2D eigenvalue weighted by Crippen LogP contribution is -1.98. The average molecular weight is 305 g/mol. The molecule has 4 rings (SSSR count). The summed E-state index contributed by atoms with van der Waals surface area (Å²) < 4.78 is 2.48. The van der Waals surface area contributed by atoms with Crippen LogP contribution in [0.5, 0.6) is 0 Å². The van der Waals surface area contributed by atoms with Crippen LogP contribution in [-0.2, 0) is 13.0 Å². The number of hydrogen-bond donors (Lipinski definition) is 0. The van der Waals surface area contributed by atoms with Crippen LogP contribution in [0.2, 0.25) is 0 Å². The van der Waals surface area contributed by atoms with Crippen molar-refractivity contribution in [3.05, 3.63) is 70.4 Å². The summed E-state index contributed by atoms with van der Waals surface area (Å²) in [6.45, 7) is 3.26. The summed E-state index contributed by atoms with van der Waals surface area (Å²) in [7, 11) is 0. The van der Waals surface area contributed by atoms with Crippen molar-refractivity contribution in [3.8, 4) is 0 Å². The van der Waals surface area contributed by atoms with E-state index < -0.39 is 0 Å². The van der Waals surface area contributed by atoms with Gasteiger partial charge in [-0.25, -0.2) is 0 Å². The summed E-state index contributed by atoms with van der Waals surface area (Å²) >= 11 is 1.92. The molecule has 2 heterocycles. The molecule has 110 valence electrons. The van der Waals surface area contributed by atoms with Crippen LogP contribution >= 0.6 is 11.3 Å². The molecule has 0 atom stereocenters. The van der Waals surface area contributed by atoms with Crippen LogP contribution in [0, 0.1) is 6.92 Å². The van der Waals surface area contributed by atoms with Crippen molar-refractivity contribution in [3.63, 3.8) is 0 Å². The van der Waals surface area contributed by atoms with Crippen LogP contribution in [0.4, 0.5) is 0 Å². The lowest BCUT2D eigenvalue weighted by atomic mass is 10.2. The molecule has 0 aliphatic heterocycles. The number of benzene rings is 2. The van der Waals surface area contributed by atoms with Crippen LogP contribution < -0.4 is 0 Å². The van der Waals surface area contributed by atoms with Crippen LogP contribution in [0.25, 0.3) is 21.8 Å². The maximum Gasteiger partial charge on any atom is 0.0491 e. The van der Waals surface area contributed by atoms with Crippen molar-refractivity contribution in [1.82, 2.24) is 4.57 Å². The molecule has 2 heteroatoms. The lowest BCUT2D eigenvalue weighted by molar-refractivity contribution is 0.682. The number of fused-ring (bicyclic) bond motifs is 3. The quantitative estimate of drug-likeness (QED) is 0.449. The van der Waals surface area contributed by atoms with Gasteiger partial charge in [0.25, 0.3) is 0 Å². The molecular weight excluding hydrogens is 286 g/mol. The van der Waals surface area contributed by atoms with E-state index in [1.165, 1.54) is 44.4 Å². The Labute approximate surface area is 134 Å². The smallest absolute Gasteiger partial charge is 0.0491 e. The molecule has 0 unspecified atom stereocenters. The fourth-order valence-electron chi connectivity index (χ4n) is 3.28. The lowest BCUT2D eigenvalue weighted by Gasteiger charge is -2.06. The van der Waals surface area contributed by atoms with Crippen molar-refractivity contribution in [1.29, 1.82) is 0 Å². The molecule has 1 nitrogen and oxygen atoms in total. The van der Waals surface area contributed by atoms with E-state index in [0.717, 1.165) is 6.54 Å². The number of nitrogens with zero attached hydrogens (tertiary/aromatic N) is 1. The highest BCUT2D eigenvalue weighted by Crippen LogP contribution is 2.29. The Bertz CT molecular complexity index is 876. The second kappa shape index (κ2) is 5.62. The molecule has 2 aromatic carbocycles. The predicted molar refractivity (Wildman–Crippen MR) is 96.8 cm³/mol. The number of aromatic nitrogens is 1. The molecule has 0 fully saturated rings. The Morgan fingerprint density at radius 1 is 0.818 bits per heavy atom. The van der Waals surface area contributed by atoms with Gasteiger partial charge in [0.1, 0.15) is 0 Å². The van der Waals surface area contributed by atoms with Crippen molar-refractivity contribution in [2.24, 2.45) is 0 Å². The third-order valence-electron chi connectivity index (χ3n) is 4.28. The SMILES string of the molecule is Cc1ccc(CCCn2c3ccccc3c3ccccc32)s1. The second-order valence-corrected chi connectivity index (χ2v) is 7.17. The van der Waals surface area contributed by atoms with Gasteiger partial charge < -0.3 is 4.57 Å². The fraction of sp³-hybridized carbons (Fsp3) is 0.200. The van der Waals surface area contributed by atoms with Gasteiger partial charge in [-0.2, -0.15) is 0 Å². The first kappa shape index (κ1) is 13.6. The van der Waals surface area contributed by atoms with Crippen LogP contribution in [-0.4, -0.2) is 4.57 Å². The van der Waals surface area contributed by atoms with Crippen LogP contribution in [0.3, 0.4) is 0 Å². The Hall–Kier alpha value is -2.06. The molecular formula is C20H19NS. The average Bonchev–Trinajstić information content (AvgIpc) is 3.10. The molecule has 4 aromatic rings. The highest BCUT2D eigenvalue weighted by molar-refractivity contribution is 7.11. The normalized spacial score (nSPS) is 11.5. The minimum absolute atomic E-state index is 1.07. The van der Waals surface area contributed by atoms with Gasteiger partial charge in [0.05, 0.1) is 0 Å². The summed E-state index contributed by atoms with van der Waals surface area (Å²) in [5, 5.41) is 2.73. The van der Waals surface area contributed by atoms with Gasteiger partial charge in [0.15, 0.2) is 0 Å². The van der Waals surface area contributed by atoms with Crippen molar-refractivity contribution in [2.75, 3.05) is 0 Å². The molecule has 0 amide bonds. The van der Waals surface area contributed by atoms with E-state index in [1.54, 1.807) is 0 Å². The van der Waals surface area contributed by atoms with Gasteiger partial charge in [-0.15, -0.1) is 11.3 Å². The van der Waals surface area contributed by atoms with Gasteiger partial charge >= 0.3 is 0 Å². The summed E-state index contributed by atoms with van der Waals surface area (Å²) in [4.78, 5) is 2.91. The number of rotatable bonds is 4. The first-order valence-electron chi connectivity index (χ1n) is 7.84. The van der Waals surface area contributed by atoms with Gasteiger partial charge in [-0.3, -0.25) is 0 Å². The van der Waals surface area contributed by atoms with Gasteiger partial charge in [-0.1, -0.05) is 36.4 Å². The van der Waals surface area contributed by atoms with E-state index in [4.69, 9.17) is 0 Å². The molecule has 0 N–H and O–H groups in total. The molecule has 0 saturated carbocycles. The molecule has 0 aliphatic rings. The largest absolute Gasteiger partial charge is 0.340 e. The predicted octanol–water partition coefficient (Wildman–Crippen LogP) is 5.80. The maximum absolute atomic E-state index is 2.48. The summed E-state index contributed by atoms with van der Waals surface area (Å²) in [5.41, 5.74) is 2.71. The molecule has 0 bridgehead atoms. The highest BCUT2D eigenvalue weighted by atomic mass is 32.1. The van der Waals surface area contributed by atoms with Gasteiger partial charge in [-0.05, 0) is 44.0 Å². The van der Waals surface area contributed by atoms with E-state index in [9.17, 15) is 0 Å². The van der Waals surface area contributed by atoms with Crippen LogP contribution in [0.15, 0.2) is 60.7 Å². The summed E-state index contributed by atoms with van der Waals surface area (Å²) in [5.74, 6) is 0. The van der Waals surface area contributed by atoms with Crippen molar-refractivity contribution >= 4 is 33.1 Å². The molecule has 0 saturated heterocycles. The van der Waals surface area contributed by atoms with Crippen molar-refractivity contribution < 1.29 is 0 Å². The Kier molecular flexibility index (Phi) is 3.47. The zero-order chi connectivity index (χ0) is 14.9. The van der Waals surface area contributed by atoms with Gasteiger partial charge in [0.2, 0.25) is 0 Å². The highest BCUT2D eigenvalue weighted by Gasteiger charge is 2.09. The third-order valence-corrected chi connectivity index (χ3v) is 5.34. The van der Waals surface area contributed by atoms with Crippen molar-refractivity contribution in [2.45, 2.75) is 26.3 Å². The monoisotopic (exact) mass is 305 g/mol. The Morgan fingerprint density at radius 2 is 1.45 bits per heavy atom. The molecule has 2 aromatic heterocycles. The van der Waals surface area contributed by atoms with Gasteiger partial charge in [0, 0.05) is 38.1 Å². The zero-order valence-electron chi connectivity index (χ0n) is 12.8. The first-order valence-corrected chi connectivity index (χ1v) is 8.66. The molecule has 0 radical (unpaired) electrons. The fourth-order valence-corrected chi connectivity index (χ4v) is 4.21. The molecule has 0 spiro atoms. The first-order chi connectivity index (χ1) is 10.8. The van der Waals surface area contributed by atoms with E-state index >= 15 is 0 Å². The molecule has 0 aliphatic carbocycles.